The molecule has 0 aliphatic heterocycles. The van der Waals surface area contributed by atoms with Gasteiger partial charge in [-0.3, -0.25) is 9.59 Å². The second-order valence-electron chi connectivity index (χ2n) is 7.87. The summed E-state index contributed by atoms with van der Waals surface area (Å²) in [5, 5.41) is 8.54. The van der Waals surface area contributed by atoms with Gasteiger partial charge in [0.1, 0.15) is 11.8 Å². The van der Waals surface area contributed by atoms with Gasteiger partial charge in [0.15, 0.2) is 9.84 Å². The molecule has 0 radical (unpaired) electrons. The Hall–Kier alpha value is -3.07. The smallest absolute Gasteiger partial charge is 0.253 e. The monoisotopic (exact) mass is 461 g/mol. The molecular formula is C23H31N3O5S. The topological polar surface area (TPSA) is 114 Å². The van der Waals surface area contributed by atoms with Gasteiger partial charge in [0.25, 0.3) is 5.91 Å². The molecule has 0 heterocycles. The number of carbonyl (C=O) groups is 2. The van der Waals surface area contributed by atoms with E-state index in [0.717, 1.165) is 6.26 Å². The van der Waals surface area contributed by atoms with Gasteiger partial charge in [-0.1, -0.05) is 26.0 Å². The van der Waals surface area contributed by atoms with Crippen molar-refractivity contribution in [1.82, 2.24) is 5.32 Å². The Morgan fingerprint density at radius 3 is 2.34 bits per heavy atom. The Balaban J connectivity index is 2.19. The van der Waals surface area contributed by atoms with Crippen LogP contribution in [-0.4, -0.2) is 45.7 Å². The number of anilines is 2. The molecule has 2 amide bonds. The minimum absolute atomic E-state index is 0.0385. The summed E-state index contributed by atoms with van der Waals surface area (Å²) in [5.74, 6) is 0.0310. The first-order valence-electron chi connectivity index (χ1n) is 10.4. The maximum atomic E-state index is 12.8. The molecule has 0 aromatic heterocycles. The molecular weight excluding hydrogens is 430 g/mol. The van der Waals surface area contributed by atoms with Crippen molar-refractivity contribution in [3.05, 3.63) is 48.0 Å². The molecule has 2 aromatic rings. The van der Waals surface area contributed by atoms with Crippen molar-refractivity contribution < 1.29 is 22.7 Å². The normalized spacial score (nSPS) is 12.2. The lowest BCUT2D eigenvalue weighted by atomic mass is 10.1. The summed E-state index contributed by atoms with van der Waals surface area (Å²) in [4.78, 5) is 25.3. The number of para-hydroxylation sites is 1. The molecule has 1 unspecified atom stereocenters. The lowest BCUT2D eigenvalue weighted by Gasteiger charge is -2.19. The van der Waals surface area contributed by atoms with Crippen molar-refractivity contribution >= 4 is 33.0 Å². The number of amides is 2. The highest BCUT2D eigenvalue weighted by molar-refractivity contribution is 7.90. The number of sulfone groups is 1. The van der Waals surface area contributed by atoms with Gasteiger partial charge in [-0.15, -0.1) is 0 Å². The molecule has 0 aliphatic carbocycles. The number of carbonyl (C=O) groups excluding carboxylic acids is 2. The second-order valence-corrected chi connectivity index (χ2v) is 9.85. The van der Waals surface area contributed by atoms with Crippen molar-refractivity contribution in [2.75, 3.05) is 30.0 Å². The fourth-order valence-electron chi connectivity index (χ4n) is 2.91. The molecule has 8 nitrogen and oxygen atoms in total. The van der Waals surface area contributed by atoms with Gasteiger partial charge in [-0.2, -0.15) is 0 Å². The van der Waals surface area contributed by atoms with Gasteiger partial charge >= 0.3 is 0 Å². The van der Waals surface area contributed by atoms with Gasteiger partial charge in [0, 0.05) is 18.9 Å². The maximum absolute atomic E-state index is 12.8. The number of hydrogen-bond acceptors (Lipinski definition) is 6. The largest absolute Gasteiger partial charge is 0.494 e. The van der Waals surface area contributed by atoms with Gasteiger partial charge in [-0.25, -0.2) is 8.42 Å². The van der Waals surface area contributed by atoms with E-state index >= 15 is 0 Å². The third-order valence-electron chi connectivity index (χ3n) is 4.53. The third-order valence-corrected chi connectivity index (χ3v) is 5.67. The molecule has 174 valence electrons. The fraction of sp³-hybridized carbons (Fsp3) is 0.391. The highest BCUT2D eigenvalue weighted by Gasteiger charge is 2.21. The van der Waals surface area contributed by atoms with E-state index in [1.165, 1.54) is 6.07 Å². The zero-order valence-electron chi connectivity index (χ0n) is 19.1. The predicted octanol–water partition coefficient (Wildman–Crippen LogP) is 3.31. The molecule has 0 bridgehead atoms. The van der Waals surface area contributed by atoms with Crippen LogP contribution in [-0.2, 0) is 14.6 Å². The summed E-state index contributed by atoms with van der Waals surface area (Å²) < 4.78 is 29.9. The second kappa shape index (κ2) is 11.0. The summed E-state index contributed by atoms with van der Waals surface area (Å²) in [6.07, 6.45) is 1.10. The highest BCUT2D eigenvalue weighted by Crippen LogP contribution is 2.27. The minimum Gasteiger partial charge on any atom is -0.494 e. The molecule has 32 heavy (non-hydrogen) atoms. The molecule has 1 atom stereocenters. The first-order chi connectivity index (χ1) is 15.0. The first kappa shape index (κ1) is 25.2. The van der Waals surface area contributed by atoms with Crippen LogP contribution in [0, 0.1) is 5.92 Å². The van der Waals surface area contributed by atoms with E-state index in [9.17, 15) is 18.0 Å². The van der Waals surface area contributed by atoms with Crippen LogP contribution in [0.4, 0.5) is 11.4 Å². The summed E-state index contributed by atoms with van der Waals surface area (Å²) in [5.41, 5.74) is 1.02. The van der Waals surface area contributed by atoms with E-state index in [4.69, 9.17) is 4.74 Å². The molecule has 0 fully saturated rings. The quantitative estimate of drug-likeness (QED) is 0.500. The van der Waals surface area contributed by atoms with Crippen LogP contribution in [0.1, 0.15) is 38.1 Å². The molecule has 0 spiro atoms. The van der Waals surface area contributed by atoms with E-state index in [-0.39, 0.29) is 10.8 Å². The Kier molecular flexibility index (Phi) is 8.65. The predicted molar refractivity (Wildman–Crippen MR) is 126 cm³/mol. The van der Waals surface area contributed by atoms with E-state index in [2.05, 4.69) is 16.0 Å². The maximum Gasteiger partial charge on any atom is 0.253 e. The third kappa shape index (κ3) is 6.98. The highest BCUT2D eigenvalue weighted by atomic mass is 32.2. The molecule has 2 aromatic carbocycles. The lowest BCUT2D eigenvalue weighted by molar-refractivity contribution is -0.116. The number of rotatable bonds is 10. The fourth-order valence-corrected chi connectivity index (χ4v) is 3.76. The van der Waals surface area contributed by atoms with E-state index in [1.807, 2.05) is 13.8 Å². The van der Waals surface area contributed by atoms with Gasteiger partial charge in [-0.05, 0) is 44.0 Å². The Morgan fingerprint density at radius 1 is 1.03 bits per heavy atom. The first-order valence-corrected chi connectivity index (χ1v) is 12.3. The Bertz CT molecular complexity index is 1070. The average Bonchev–Trinajstić information content (AvgIpc) is 2.72. The zero-order valence-corrected chi connectivity index (χ0v) is 19.9. The lowest BCUT2D eigenvalue weighted by Crippen LogP contribution is -2.34. The SMILES string of the molecule is CCOc1ccc(NC(C)C(=O)Nc2ccccc2C(=O)NCC(C)C)c(S(C)(=O)=O)c1. The van der Waals surface area contributed by atoms with E-state index in [1.54, 1.807) is 50.2 Å². The molecule has 0 saturated carbocycles. The number of hydrogen-bond donors (Lipinski definition) is 3. The van der Waals surface area contributed by atoms with Gasteiger partial charge in [0.05, 0.1) is 28.4 Å². The molecule has 0 saturated heterocycles. The van der Waals surface area contributed by atoms with Crippen molar-refractivity contribution in [2.45, 2.75) is 38.6 Å². The molecule has 9 heteroatoms. The van der Waals surface area contributed by atoms with Crippen LogP contribution in [0.15, 0.2) is 47.4 Å². The number of benzene rings is 2. The summed E-state index contributed by atoms with van der Waals surface area (Å²) in [7, 11) is -3.56. The van der Waals surface area contributed by atoms with Crippen LogP contribution in [0.5, 0.6) is 5.75 Å². The van der Waals surface area contributed by atoms with Crippen molar-refractivity contribution in [3.8, 4) is 5.75 Å². The van der Waals surface area contributed by atoms with Crippen LogP contribution in [0.2, 0.25) is 0 Å². The van der Waals surface area contributed by atoms with Crippen LogP contribution >= 0.6 is 0 Å². The zero-order chi connectivity index (χ0) is 23.9. The summed E-state index contributed by atoms with van der Waals surface area (Å²) in [6.45, 7) is 8.32. The van der Waals surface area contributed by atoms with Crippen LogP contribution in [0.25, 0.3) is 0 Å². The Morgan fingerprint density at radius 2 is 1.72 bits per heavy atom. The standard InChI is InChI=1S/C23H31N3O5S/c1-6-31-17-11-12-20(21(13-17)32(5,29)30)25-16(4)22(27)26-19-10-8-7-9-18(19)23(28)24-14-15(2)3/h7-13,15-16,25H,6,14H2,1-5H3,(H,24,28)(H,26,27). The number of ether oxygens (including phenoxy) is 1. The molecule has 2 rings (SSSR count). The van der Waals surface area contributed by atoms with Gasteiger partial charge in [0.2, 0.25) is 5.91 Å². The number of nitrogens with one attached hydrogen (secondary N) is 3. The summed E-state index contributed by atoms with van der Waals surface area (Å²) in [6, 6.07) is 10.6. The molecule has 0 aliphatic rings. The van der Waals surface area contributed by atoms with Crippen LogP contribution < -0.4 is 20.7 Å². The van der Waals surface area contributed by atoms with Gasteiger partial charge < -0.3 is 20.7 Å². The van der Waals surface area contributed by atoms with E-state index in [0.29, 0.717) is 41.8 Å². The van der Waals surface area contributed by atoms with E-state index < -0.39 is 21.8 Å². The van der Waals surface area contributed by atoms with Crippen molar-refractivity contribution in [1.29, 1.82) is 0 Å². The van der Waals surface area contributed by atoms with Crippen LogP contribution in [0.3, 0.4) is 0 Å². The molecule has 3 N–H and O–H groups in total. The van der Waals surface area contributed by atoms with Crippen molar-refractivity contribution in [2.24, 2.45) is 5.92 Å². The minimum atomic E-state index is -3.56. The summed E-state index contributed by atoms with van der Waals surface area (Å²) >= 11 is 0. The Labute approximate surface area is 189 Å². The average molecular weight is 462 g/mol. The van der Waals surface area contributed by atoms with Crippen molar-refractivity contribution in [3.63, 3.8) is 0 Å².